The highest BCUT2D eigenvalue weighted by Crippen LogP contribution is 2.22. The monoisotopic (exact) mass is 395 g/mol. The molecule has 0 bridgehead atoms. The van der Waals surface area contributed by atoms with Crippen molar-refractivity contribution >= 4 is 43.5 Å². The van der Waals surface area contributed by atoms with Crippen LogP contribution >= 0.6 is 31.9 Å². The van der Waals surface area contributed by atoms with Gasteiger partial charge in [-0.1, -0.05) is 15.9 Å². The van der Waals surface area contributed by atoms with Crippen LogP contribution < -0.4 is 5.32 Å². The van der Waals surface area contributed by atoms with Gasteiger partial charge in [-0.3, -0.25) is 4.79 Å². The number of carbonyl (C=O) groups is 1. The number of rotatable bonds is 3. The van der Waals surface area contributed by atoms with Gasteiger partial charge in [0.05, 0.1) is 11.3 Å². The van der Waals surface area contributed by atoms with Crippen LogP contribution in [0.2, 0.25) is 0 Å². The number of benzene rings is 1. The molecule has 0 aliphatic heterocycles. The van der Waals surface area contributed by atoms with Gasteiger partial charge in [0.25, 0.3) is 5.91 Å². The first-order valence-corrected chi connectivity index (χ1v) is 7.50. The first-order valence-electron chi connectivity index (χ1n) is 5.91. The number of carbonyl (C=O) groups excluding carboxylic acids is 1. The Kier molecular flexibility index (Phi) is 4.63. The normalized spacial score (nSPS) is 10.1. The minimum absolute atomic E-state index is 0.243. The van der Waals surface area contributed by atoms with Crippen LogP contribution in [0.15, 0.2) is 39.4 Å². The Morgan fingerprint density at radius 3 is 2.75 bits per heavy atom. The Balaban J connectivity index is 2.32. The molecule has 0 unspecified atom stereocenters. The van der Waals surface area contributed by atoms with Crippen LogP contribution in [0.4, 0.5) is 5.69 Å². The molecule has 6 heteroatoms. The van der Waals surface area contributed by atoms with E-state index in [1.165, 1.54) is 0 Å². The van der Waals surface area contributed by atoms with Crippen molar-refractivity contribution in [1.82, 2.24) is 4.57 Å². The molecule has 4 nitrogen and oxygen atoms in total. The summed E-state index contributed by atoms with van der Waals surface area (Å²) in [5.74, 6) is -0.243. The molecule has 2 rings (SSSR count). The number of hydrogen-bond acceptors (Lipinski definition) is 2. The minimum atomic E-state index is -0.243. The third kappa shape index (κ3) is 3.11. The molecular weight excluding hydrogens is 386 g/mol. The summed E-state index contributed by atoms with van der Waals surface area (Å²) in [6.07, 6.45) is 1.85. The van der Waals surface area contributed by atoms with E-state index in [1.807, 2.05) is 17.7 Å². The topological polar surface area (TPSA) is 57.8 Å². The molecule has 0 saturated carbocycles. The molecule has 1 aromatic carbocycles. The number of anilines is 1. The highest BCUT2D eigenvalue weighted by molar-refractivity contribution is 9.10. The molecule has 20 heavy (non-hydrogen) atoms. The van der Waals surface area contributed by atoms with Gasteiger partial charge < -0.3 is 9.88 Å². The van der Waals surface area contributed by atoms with Gasteiger partial charge in [-0.15, -0.1) is 0 Å². The Hall–Kier alpha value is -1.58. The summed E-state index contributed by atoms with van der Waals surface area (Å²) in [6.45, 7) is 2.65. The van der Waals surface area contributed by atoms with E-state index in [0.29, 0.717) is 23.5 Å². The summed E-state index contributed by atoms with van der Waals surface area (Å²) >= 11 is 6.69. The molecule has 1 amide bonds. The number of nitrogens with zero attached hydrogens (tertiary/aromatic N) is 2. The van der Waals surface area contributed by atoms with Crippen molar-refractivity contribution in [3.8, 4) is 6.07 Å². The summed E-state index contributed by atoms with van der Waals surface area (Å²) in [5, 5.41) is 11.8. The number of halogens is 2. The Morgan fingerprint density at radius 1 is 1.35 bits per heavy atom. The summed E-state index contributed by atoms with van der Waals surface area (Å²) < 4.78 is 3.49. The van der Waals surface area contributed by atoms with Crippen LogP contribution in [0.3, 0.4) is 0 Å². The summed E-state index contributed by atoms with van der Waals surface area (Å²) in [4.78, 5) is 12.3. The van der Waals surface area contributed by atoms with E-state index >= 15 is 0 Å². The minimum Gasteiger partial charge on any atom is -0.343 e. The van der Waals surface area contributed by atoms with Gasteiger partial charge in [0.15, 0.2) is 0 Å². The molecule has 0 radical (unpaired) electrons. The first kappa shape index (κ1) is 14.8. The average Bonchev–Trinajstić information content (AvgIpc) is 2.80. The van der Waals surface area contributed by atoms with Crippen molar-refractivity contribution < 1.29 is 4.79 Å². The lowest BCUT2D eigenvalue weighted by Gasteiger charge is -2.09. The third-order valence-corrected chi connectivity index (χ3v) is 3.71. The summed E-state index contributed by atoms with van der Waals surface area (Å²) in [5.41, 5.74) is 1.46. The standard InChI is InChI=1S/C14H11Br2N3O/c1-2-19-8-11(16)6-13(19)14(20)18-12-5-10(15)4-3-9(12)7-17/h3-6,8H,2H2,1H3,(H,18,20). The van der Waals surface area contributed by atoms with Crippen molar-refractivity contribution in [3.05, 3.63) is 50.7 Å². The lowest BCUT2D eigenvalue weighted by atomic mass is 10.2. The largest absolute Gasteiger partial charge is 0.343 e. The second-order valence-electron chi connectivity index (χ2n) is 4.09. The van der Waals surface area contributed by atoms with Crippen LogP contribution in [-0.4, -0.2) is 10.5 Å². The van der Waals surface area contributed by atoms with Crippen LogP contribution in [0.5, 0.6) is 0 Å². The lowest BCUT2D eigenvalue weighted by molar-refractivity contribution is 0.101. The smallest absolute Gasteiger partial charge is 0.272 e. The highest BCUT2D eigenvalue weighted by atomic mass is 79.9. The van der Waals surface area contributed by atoms with E-state index in [4.69, 9.17) is 5.26 Å². The number of amides is 1. The third-order valence-electron chi connectivity index (χ3n) is 2.79. The molecule has 0 aliphatic carbocycles. The molecule has 1 aromatic heterocycles. The lowest BCUT2D eigenvalue weighted by Crippen LogP contribution is -2.17. The van der Waals surface area contributed by atoms with Crippen LogP contribution in [0.25, 0.3) is 0 Å². The second kappa shape index (κ2) is 6.25. The number of aryl methyl sites for hydroxylation is 1. The maximum atomic E-state index is 12.3. The maximum absolute atomic E-state index is 12.3. The highest BCUT2D eigenvalue weighted by Gasteiger charge is 2.14. The fraction of sp³-hybridized carbons (Fsp3) is 0.143. The van der Waals surface area contributed by atoms with Gasteiger partial charge in [-0.05, 0) is 47.1 Å². The van der Waals surface area contributed by atoms with Crippen LogP contribution in [-0.2, 0) is 6.54 Å². The van der Waals surface area contributed by atoms with Crippen molar-refractivity contribution in [1.29, 1.82) is 5.26 Å². The van der Waals surface area contributed by atoms with Gasteiger partial charge >= 0.3 is 0 Å². The molecule has 102 valence electrons. The van der Waals surface area contributed by atoms with Crippen molar-refractivity contribution in [3.63, 3.8) is 0 Å². The van der Waals surface area contributed by atoms with E-state index in [1.54, 1.807) is 24.3 Å². The predicted octanol–water partition coefficient (Wildman–Crippen LogP) is 4.16. The molecule has 0 saturated heterocycles. The number of aromatic nitrogens is 1. The molecule has 1 N–H and O–H groups in total. The second-order valence-corrected chi connectivity index (χ2v) is 5.92. The zero-order chi connectivity index (χ0) is 14.7. The van der Waals surface area contributed by atoms with E-state index < -0.39 is 0 Å². The summed E-state index contributed by atoms with van der Waals surface area (Å²) in [6, 6.07) is 8.95. The SMILES string of the molecule is CCn1cc(Br)cc1C(=O)Nc1cc(Br)ccc1C#N. The first-order chi connectivity index (χ1) is 9.55. The van der Waals surface area contributed by atoms with Crippen molar-refractivity contribution in [2.24, 2.45) is 0 Å². The Bertz CT molecular complexity index is 701. The van der Waals surface area contributed by atoms with Crippen molar-refractivity contribution in [2.45, 2.75) is 13.5 Å². The van der Waals surface area contributed by atoms with Gasteiger partial charge in [0.1, 0.15) is 11.8 Å². The zero-order valence-corrected chi connectivity index (χ0v) is 13.8. The molecular formula is C14H11Br2N3O. The van der Waals surface area contributed by atoms with E-state index in [9.17, 15) is 4.79 Å². The molecule has 0 spiro atoms. The van der Waals surface area contributed by atoms with E-state index in [-0.39, 0.29) is 5.91 Å². The Labute approximate surface area is 133 Å². The molecule has 1 heterocycles. The van der Waals surface area contributed by atoms with Crippen molar-refractivity contribution in [2.75, 3.05) is 5.32 Å². The van der Waals surface area contributed by atoms with Crippen LogP contribution in [0.1, 0.15) is 23.0 Å². The Morgan fingerprint density at radius 2 is 2.10 bits per heavy atom. The fourth-order valence-corrected chi connectivity index (χ4v) is 2.66. The molecule has 0 fully saturated rings. The van der Waals surface area contributed by atoms with E-state index in [0.717, 1.165) is 8.95 Å². The summed E-state index contributed by atoms with van der Waals surface area (Å²) in [7, 11) is 0. The fourth-order valence-electron chi connectivity index (χ4n) is 1.83. The van der Waals surface area contributed by atoms with Gasteiger partial charge in [-0.2, -0.15) is 5.26 Å². The number of hydrogen-bond donors (Lipinski definition) is 1. The maximum Gasteiger partial charge on any atom is 0.272 e. The quantitative estimate of drug-likeness (QED) is 0.846. The predicted molar refractivity (Wildman–Crippen MR) is 84.6 cm³/mol. The zero-order valence-electron chi connectivity index (χ0n) is 10.7. The van der Waals surface area contributed by atoms with Crippen LogP contribution in [0, 0.1) is 11.3 Å². The van der Waals surface area contributed by atoms with Gasteiger partial charge in [0, 0.05) is 21.7 Å². The van der Waals surface area contributed by atoms with E-state index in [2.05, 4.69) is 43.2 Å². The molecule has 0 aliphatic rings. The van der Waals surface area contributed by atoms with Gasteiger partial charge in [0.2, 0.25) is 0 Å². The molecule has 0 atom stereocenters. The number of nitriles is 1. The van der Waals surface area contributed by atoms with Gasteiger partial charge in [-0.25, -0.2) is 0 Å². The number of nitrogens with one attached hydrogen (secondary N) is 1. The average molecular weight is 397 g/mol. The molecule has 2 aromatic rings.